The molecular weight excluding hydrogens is 372 g/mol. The van der Waals surface area contributed by atoms with E-state index in [1.54, 1.807) is 22.8 Å². The van der Waals surface area contributed by atoms with Gasteiger partial charge in [0.15, 0.2) is 5.76 Å². The number of carbonyl (C=O) groups is 1. The van der Waals surface area contributed by atoms with Crippen molar-refractivity contribution in [3.63, 3.8) is 0 Å². The number of hydrogen-bond donors (Lipinski definition) is 2. The molecule has 2 aromatic heterocycles. The first-order valence-corrected chi connectivity index (χ1v) is 9.75. The fourth-order valence-corrected chi connectivity index (χ4v) is 3.69. The first kappa shape index (κ1) is 17.4. The zero-order valence-corrected chi connectivity index (χ0v) is 15.2. The predicted molar refractivity (Wildman–Crippen MR) is 97.2 cm³/mol. The smallest absolute Gasteiger partial charge is 0.291 e. The van der Waals surface area contributed by atoms with Gasteiger partial charge in [0, 0.05) is 18.7 Å². The molecule has 0 aliphatic carbocycles. The zero-order chi connectivity index (χ0) is 19.2. The van der Waals surface area contributed by atoms with Crippen molar-refractivity contribution in [1.29, 1.82) is 0 Å². The molecule has 9 nitrogen and oxygen atoms in total. The Kier molecular flexibility index (Phi) is 4.08. The van der Waals surface area contributed by atoms with Crippen molar-refractivity contribution in [2.45, 2.75) is 24.5 Å². The molecular formula is C17H16N4O5S. The SMILES string of the molecule is CNS(=O)(=O)c1ccc(C(=O)Nc2ccc3nc4n(c(=O)c3c2)CCC4)o1. The molecule has 1 aliphatic heterocycles. The molecule has 1 aromatic carbocycles. The molecule has 0 bridgehead atoms. The molecule has 140 valence electrons. The van der Waals surface area contributed by atoms with Crippen molar-refractivity contribution < 1.29 is 17.6 Å². The normalized spacial score (nSPS) is 13.7. The monoisotopic (exact) mass is 388 g/mol. The number of nitrogens with zero attached hydrogens (tertiary/aromatic N) is 2. The van der Waals surface area contributed by atoms with Crippen LogP contribution in [0.3, 0.4) is 0 Å². The van der Waals surface area contributed by atoms with Crippen molar-refractivity contribution >= 4 is 32.5 Å². The van der Waals surface area contributed by atoms with Crippen LogP contribution in [0.1, 0.15) is 22.8 Å². The Balaban J connectivity index is 1.64. The number of aromatic nitrogens is 2. The molecule has 1 amide bonds. The average Bonchev–Trinajstić information content (AvgIpc) is 3.32. The number of rotatable bonds is 4. The molecule has 0 saturated carbocycles. The van der Waals surface area contributed by atoms with Gasteiger partial charge < -0.3 is 9.73 Å². The lowest BCUT2D eigenvalue weighted by atomic mass is 10.2. The number of benzene rings is 1. The van der Waals surface area contributed by atoms with Gasteiger partial charge in [-0.15, -0.1) is 0 Å². The first-order valence-electron chi connectivity index (χ1n) is 8.27. The summed E-state index contributed by atoms with van der Waals surface area (Å²) in [7, 11) is -2.53. The summed E-state index contributed by atoms with van der Waals surface area (Å²) in [5, 5.41) is 2.66. The fraction of sp³-hybridized carbons (Fsp3) is 0.235. The Bertz CT molecular complexity index is 1230. The van der Waals surface area contributed by atoms with Crippen LogP contribution in [0, 0.1) is 0 Å². The Morgan fingerprint density at radius 3 is 2.85 bits per heavy atom. The Morgan fingerprint density at radius 2 is 2.07 bits per heavy atom. The average molecular weight is 388 g/mol. The molecule has 0 fully saturated rings. The summed E-state index contributed by atoms with van der Waals surface area (Å²) < 4.78 is 32.2. The number of sulfonamides is 1. The van der Waals surface area contributed by atoms with Crippen molar-refractivity contribution in [1.82, 2.24) is 14.3 Å². The lowest BCUT2D eigenvalue weighted by Gasteiger charge is -2.07. The number of aryl methyl sites for hydroxylation is 1. The van der Waals surface area contributed by atoms with Crippen LogP contribution in [0.4, 0.5) is 5.69 Å². The van der Waals surface area contributed by atoms with E-state index >= 15 is 0 Å². The number of furan rings is 1. The molecule has 0 spiro atoms. The molecule has 3 heterocycles. The van der Waals surface area contributed by atoms with E-state index in [1.165, 1.54) is 19.2 Å². The van der Waals surface area contributed by atoms with Crippen molar-refractivity contribution in [2.24, 2.45) is 0 Å². The number of amides is 1. The third kappa shape index (κ3) is 3.02. The maximum atomic E-state index is 12.6. The summed E-state index contributed by atoms with van der Waals surface area (Å²) in [6.45, 7) is 0.642. The highest BCUT2D eigenvalue weighted by molar-refractivity contribution is 7.89. The van der Waals surface area contributed by atoms with Crippen LogP contribution in [-0.4, -0.2) is 30.9 Å². The Morgan fingerprint density at radius 1 is 1.26 bits per heavy atom. The Labute approximate surface area is 154 Å². The summed E-state index contributed by atoms with van der Waals surface area (Å²) in [4.78, 5) is 29.4. The minimum Gasteiger partial charge on any atom is -0.438 e. The lowest BCUT2D eigenvalue weighted by molar-refractivity contribution is 0.0991. The van der Waals surface area contributed by atoms with E-state index in [2.05, 4.69) is 15.0 Å². The van der Waals surface area contributed by atoms with Gasteiger partial charge in [0.05, 0.1) is 10.9 Å². The van der Waals surface area contributed by atoms with E-state index in [1.807, 2.05) is 0 Å². The standard InChI is InChI=1S/C17H16N4O5S/c1-18-27(24,25)15-7-6-13(26-15)16(22)19-10-4-5-12-11(9-10)17(23)21-8-2-3-14(21)20-12/h4-7,9,18H,2-3,8H2,1H3,(H,19,22). The van der Waals surface area contributed by atoms with Gasteiger partial charge >= 0.3 is 0 Å². The molecule has 27 heavy (non-hydrogen) atoms. The number of nitrogens with one attached hydrogen (secondary N) is 2. The van der Waals surface area contributed by atoms with Gasteiger partial charge in [-0.1, -0.05) is 0 Å². The predicted octanol–water partition coefficient (Wildman–Crippen LogP) is 1.10. The van der Waals surface area contributed by atoms with Gasteiger partial charge in [0.1, 0.15) is 5.82 Å². The van der Waals surface area contributed by atoms with Crippen LogP contribution < -0.4 is 15.6 Å². The first-order chi connectivity index (χ1) is 12.9. The van der Waals surface area contributed by atoms with Crippen molar-refractivity contribution in [3.8, 4) is 0 Å². The largest absolute Gasteiger partial charge is 0.438 e. The van der Waals surface area contributed by atoms with Gasteiger partial charge in [0.2, 0.25) is 5.09 Å². The Hall–Kier alpha value is -2.98. The summed E-state index contributed by atoms with van der Waals surface area (Å²) in [5.74, 6) is -0.00742. The molecule has 10 heteroatoms. The van der Waals surface area contributed by atoms with Crippen LogP contribution in [0.15, 0.2) is 44.6 Å². The fourth-order valence-electron chi connectivity index (χ4n) is 3.04. The van der Waals surface area contributed by atoms with Crippen LogP contribution in [0.25, 0.3) is 10.9 Å². The maximum Gasteiger partial charge on any atom is 0.291 e. The van der Waals surface area contributed by atoms with Crippen molar-refractivity contribution in [3.05, 3.63) is 52.3 Å². The third-order valence-electron chi connectivity index (χ3n) is 4.41. The zero-order valence-electron chi connectivity index (χ0n) is 14.4. The third-order valence-corrected chi connectivity index (χ3v) is 5.70. The van der Waals surface area contributed by atoms with Crippen LogP contribution >= 0.6 is 0 Å². The molecule has 4 rings (SSSR count). The number of anilines is 1. The van der Waals surface area contributed by atoms with Gasteiger partial charge in [0.25, 0.3) is 21.5 Å². The number of carbonyl (C=O) groups excluding carboxylic acids is 1. The summed E-state index contributed by atoms with van der Waals surface area (Å²) in [5.41, 5.74) is 0.829. The summed E-state index contributed by atoms with van der Waals surface area (Å²) >= 11 is 0. The van der Waals surface area contributed by atoms with E-state index < -0.39 is 15.9 Å². The minimum atomic E-state index is -3.77. The van der Waals surface area contributed by atoms with E-state index in [4.69, 9.17) is 4.42 Å². The molecule has 0 unspecified atom stereocenters. The molecule has 2 N–H and O–H groups in total. The highest BCUT2D eigenvalue weighted by Gasteiger charge is 2.20. The molecule has 3 aromatic rings. The molecule has 1 aliphatic rings. The highest BCUT2D eigenvalue weighted by atomic mass is 32.2. The minimum absolute atomic E-state index is 0.135. The van der Waals surface area contributed by atoms with Crippen LogP contribution in [-0.2, 0) is 23.0 Å². The second-order valence-electron chi connectivity index (χ2n) is 6.10. The van der Waals surface area contributed by atoms with E-state index in [9.17, 15) is 18.0 Å². The van der Waals surface area contributed by atoms with E-state index in [-0.39, 0.29) is 16.4 Å². The van der Waals surface area contributed by atoms with Crippen molar-refractivity contribution in [2.75, 3.05) is 12.4 Å². The molecule has 0 saturated heterocycles. The van der Waals surface area contributed by atoms with Gasteiger partial charge in [-0.25, -0.2) is 18.1 Å². The molecule has 0 radical (unpaired) electrons. The van der Waals surface area contributed by atoms with Gasteiger partial charge in [-0.05, 0) is 43.8 Å². The second-order valence-corrected chi connectivity index (χ2v) is 7.92. The quantitative estimate of drug-likeness (QED) is 0.690. The maximum absolute atomic E-state index is 12.6. The topological polar surface area (TPSA) is 123 Å². The second kappa shape index (κ2) is 6.32. The number of fused-ring (bicyclic) bond motifs is 2. The van der Waals surface area contributed by atoms with E-state index in [0.29, 0.717) is 23.1 Å². The highest BCUT2D eigenvalue weighted by Crippen LogP contribution is 2.20. The summed E-state index contributed by atoms with van der Waals surface area (Å²) in [6, 6.07) is 7.32. The van der Waals surface area contributed by atoms with Gasteiger partial charge in [-0.3, -0.25) is 14.2 Å². The lowest BCUT2D eigenvalue weighted by Crippen LogP contribution is -2.21. The van der Waals surface area contributed by atoms with Crippen LogP contribution in [0.5, 0.6) is 0 Å². The van der Waals surface area contributed by atoms with E-state index in [0.717, 1.165) is 18.7 Å². The summed E-state index contributed by atoms with van der Waals surface area (Å²) in [6.07, 6.45) is 1.67. The van der Waals surface area contributed by atoms with Crippen LogP contribution in [0.2, 0.25) is 0 Å². The molecule has 0 atom stereocenters. The number of hydrogen-bond acceptors (Lipinski definition) is 6. The van der Waals surface area contributed by atoms with Gasteiger partial charge in [-0.2, -0.15) is 0 Å².